The summed E-state index contributed by atoms with van der Waals surface area (Å²) >= 11 is 0. The van der Waals surface area contributed by atoms with Gasteiger partial charge in [0.05, 0.1) is 12.6 Å². The van der Waals surface area contributed by atoms with Crippen molar-refractivity contribution in [2.45, 2.75) is 70.1 Å². The minimum Gasteiger partial charge on any atom is -0.343 e. The van der Waals surface area contributed by atoms with Crippen molar-refractivity contribution in [1.29, 1.82) is 0 Å². The maximum absolute atomic E-state index is 13.3. The highest BCUT2D eigenvalue weighted by molar-refractivity contribution is 5.85. The second kappa shape index (κ2) is 8.87. The summed E-state index contributed by atoms with van der Waals surface area (Å²) in [6.45, 7) is 2.73. The van der Waals surface area contributed by atoms with Gasteiger partial charge >= 0.3 is 0 Å². The zero-order valence-electron chi connectivity index (χ0n) is 15.9. The zero-order valence-corrected chi connectivity index (χ0v) is 16.7. The summed E-state index contributed by atoms with van der Waals surface area (Å²) in [7, 11) is 1.94. The van der Waals surface area contributed by atoms with Crippen LogP contribution in [0, 0.1) is 17.8 Å². The lowest BCUT2D eigenvalue weighted by molar-refractivity contribution is -0.134. The standard InChI is InChI=1S/C19H32FN3O2.ClH/c1-12(17(21)19(25)23-10-9-15(20)11-23)13-5-7-16(8-6-13)22(2)18(24)14-3-4-14;/h12-17H,3-11,21H2,1-2H3;1H/t12-,13?,15-,16?,17-;/m0./s1. The third kappa shape index (κ3) is 4.69. The molecule has 0 aromatic carbocycles. The number of likely N-dealkylation sites (tertiary alicyclic amines) is 1. The fourth-order valence-corrected chi connectivity index (χ4v) is 4.46. The van der Waals surface area contributed by atoms with Crippen LogP contribution in [0.1, 0.15) is 51.9 Å². The summed E-state index contributed by atoms with van der Waals surface area (Å²) in [4.78, 5) is 28.3. The third-order valence-corrected chi connectivity index (χ3v) is 6.60. The highest BCUT2D eigenvalue weighted by Gasteiger charge is 2.38. The summed E-state index contributed by atoms with van der Waals surface area (Å²) in [6.07, 6.45) is 5.59. The van der Waals surface area contributed by atoms with E-state index in [0.29, 0.717) is 30.8 Å². The third-order valence-electron chi connectivity index (χ3n) is 6.60. The van der Waals surface area contributed by atoms with Crippen LogP contribution in [0.15, 0.2) is 0 Å². The number of nitrogens with zero attached hydrogens (tertiary/aromatic N) is 2. The van der Waals surface area contributed by atoms with Crippen LogP contribution in [0.5, 0.6) is 0 Å². The van der Waals surface area contributed by atoms with Gasteiger partial charge in [0.2, 0.25) is 11.8 Å². The molecule has 2 aliphatic carbocycles. The maximum atomic E-state index is 13.3. The van der Waals surface area contributed by atoms with E-state index in [4.69, 9.17) is 5.73 Å². The number of carbonyl (C=O) groups is 2. The quantitative estimate of drug-likeness (QED) is 0.784. The summed E-state index contributed by atoms with van der Waals surface area (Å²) < 4.78 is 13.3. The minimum atomic E-state index is -0.901. The molecule has 2 N–H and O–H groups in total. The summed E-state index contributed by atoms with van der Waals surface area (Å²) in [5, 5.41) is 0. The van der Waals surface area contributed by atoms with Crippen LogP contribution < -0.4 is 5.73 Å². The molecule has 0 radical (unpaired) electrons. The monoisotopic (exact) mass is 389 g/mol. The normalized spacial score (nSPS) is 31.1. The van der Waals surface area contributed by atoms with Crippen LogP contribution in [0.4, 0.5) is 4.39 Å². The Balaban J connectivity index is 0.00000243. The van der Waals surface area contributed by atoms with Crippen molar-refractivity contribution in [2.75, 3.05) is 20.1 Å². The first-order valence-electron chi connectivity index (χ1n) is 9.83. The minimum absolute atomic E-state index is 0. The number of alkyl halides is 1. The molecule has 1 aliphatic heterocycles. The van der Waals surface area contributed by atoms with E-state index >= 15 is 0 Å². The van der Waals surface area contributed by atoms with Gasteiger partial charge in [-0.15, -0.1) is 12.4 Å². The highest BCUT2D eigenvalue weighted by Crippen LogP contribution is 2.36. The van der Waals surface area contributed by atoms with E-state index in [0.717, 1.165) is 38.5 Å². The molecule has 7 heteroatoms. The van der Waals surface area contributed by atoms with Gasteiger partial charge in [-0.1, -0.05) is 6.92 Å². The van der Waals surface area contributed by atoms with E-state index in [1.807, 2.05) is 11.9 Å². The predicted octanol–water partition coefficient (Wildman–Crippen LogP) is 2.37. The molecule has 26 heavy (non-hydrogen) atoms. The van der Waals surface area contributed by atoms with E-state index in [1.165, 1.54) is 0 Å². The molecule has 2 amide bonds. The van der Waals surface area contributed by atoms with E-state index < -0.39 is 12.2 Å². The molecule has 1 saturated heterocycles. The van der Waals surface area contributed by atoms with Crippen LogP contribution in [0.2, 0.25) is 0 Å². The number of hydrogen-bond acceptors (Lipinski definition) is 3. The first kappa shape index (κ1) is 21.4. The second-order valence-corrected chi connectivity index (χ2v) is 8.35. The van der Waals surface area contributed by atoms with Crippen molar-refractivity contribution in [3.05, 3.63) is 0 Å². The van der Waals surface area contributed by atoms with Gasteiger partial charge in [-0.2, -0.15) is 0 Å². The lowest BCUT2D eigenvalue weighted by Crippen LogP contribution is -2.49. The Labute approximate surface area is 162 Å². The van der Waals surface area contributed by atoms with Crippen molar-refractivity contribution < 1.29 is 14.0 Å². The van der Waals surface area contributed by atoms with E-state index in [-0.39, 0.29) is 36.7 Å². The van der Waals surface area contributed by atoms with E-state index in [2.05, 4.69) is 6.92 Å². The van der Waals surface area contributed by atoms with Crippen LogP contribution in [-0.4, -0.2) is 60.0 Å². The van der Waals surface area contributed by atoms with Crippen molar-refractivity contribution >= 4 is 24.2 Å². The van der Waals surface area contributed by atoms with Crippen LogP contribution in [0.25, 0.3) is 0 Å². The van der Waals surface area contributed by atoms with Gasteiger partial charge < -0.3 is 15.5 Å². The van der Waals surface area contributed by atoms with Crippen molar-refractivity contribution in [2.24, 2.45) is 23.5 Å². The molecule has 5 nitrogen and oxygen atoms in total. The zero-order chi connectivity index (χ0) is 18.1. The largest absolute Gasteiger partial charge is 0.343 e. The Morgan fingerprint density at radius 2 is 1.73 bits per heavy atom. The predicted molar refractivity (Wildman–Crippen MR) is 102 cm³/mol. The lowest BCUT2D eigenvalue weighted by Gasteiger charge is -2.38. The van der Waals surface area contributed by atoms with Crippen molar-refractivity contribution in [3.63, 3.8) is 0 Å². The average molecular weight is 390 g/mol. The van der Waals surface area contributed by atoms with Gasteiger partial charge in [0.25, 0.3) is 0 Å². The molecule has 3 atom stereocenters. The lowest BCUT2D eigenvalue weighted by atomic mass is 9.75. The van der Waals surface area contributed by atoms with Gasteiger partial charge in [0.1, 0.15) is 6.17 Å². The van der Waals surface area contributed by atoms with Crippen LogP contribution >= 0.6 is 12.4 Å². The number of amides is 2. The van der Waals surface area contributed by atoms with Crippen molar-refractivity contribution in [1.82, 2.24) is 9.80 Å². The van der Waals surface area contributed by atoms with Crippen LogP contribution in [-0.2, 0) is 9.59 Å². The number of hydrogen-bond donors (Lipinski definition) is 1. The molecule has 3 aliphatic rings. The van der Waals surface area contributed by atoms with Gasteiger partial charge in [-0.3, -0.25) is 9.59 Å². The Bertz CT molecular complexity index is 509. The first-order chi connectivity index (χ1) is 11.9. The average Bonchev–Trinajstić information content (AvgIpc) is 3.39. The molecule has 1 heterocycles. The molecule has 0 aromatic heterocycles. The van der Waals surface area contributed by atoms with Crippen LogP contribution in [0.3, 0.4) is 0 Å². The Hall–Kier alpha value is -0.880. The van der Waals surface area contributed by atoms with E-state index in [1.54, 1.807) is 4.90 Å². The highest BCUT2D eigenvalue weighted by atomic mass is 35.5. The summed E-state index contributed by atoms with van der Waals surface area (Å²) in [6, 6.07) is -0.216. The second-order valence-electron chi connectivity index (χ2n) is 8.35. The SMILES string of the molecule is C[C@@H](C1CCC(N(C)C(=O)C2CC2)CC1)[C@H](N)C(=O)N1CC[C@H](F)C1.Cl. The molecule has 2 saturated carbocycles. The Morgan fingerprint density at radius 1 is 1.12 bits per heavy atom. The number of carbonyl (C=O) groups excluding carboxylic acids is 2. The molecule has 0 unspecified atom stereocenters. The molecule has 0 aromatic rings. The number of nitrogens with two attached hydrogens (primary N) is 1. The fraction of sp³-hybridized carbons (Fsp3) is 0.895. The van der Waals surface area contributed by atoms with Gasteiger partial charge in [0.15, 0.2) is 0 Å². The smallest absolute Gasteiger partial charge is 0.239 e. The number of rotatable bonds is 5. The summed E-state index contributed by atoms with van der Waals surface area (Å²) in [5.41, 5.74) is 6.23. The van der Waals surface area contributed by atoms with Gasteiger partial charge in [0, 0.05) is 25.6 Å². The maximum Gasteiger partial charge on any atom is 0.239 e. The molecule has 0 bridgehead atoms. The Morgan fingerprint density at radius 3 is 2.23 bits per heavy atom. The molecular weight excluding hydrogens is 357 g/mol. The molecule has 150 valence electrons. The molecular formula is C19H33ClFN3O2. The number of halogens is 2. The molecule has 0 spiro atoms. The van der Waals surface area contributed by atoms with Gasteiger partial charge in [-0.25, -0.2) is 4.39 Å². The molecule has 3 fully saturated rings. The fourth-order valence-electron chi connectivity index (χ4n) is 4.46. The first-order valence-corrected chi connectivity index (χ1v) is 9.83. The Kier molecular flexibility index (Phi) is 7.31. The van der Waals surface area contributed by atoms with E-state index in [9.17, 15) is 14.0 Å². The van der Waals surface area contributed by atoms with Crippen molar-refractivity contribution in [3.8, 4) is 0 Å². The molecule has 3 rings (SSSR count). The summed E-state index contributed by atoms with van der Waals surface area (Å²) in [5.74, 6) is 0.974. The van der Waals surface area contributed by atoms with Gasteiger partial charge in [-0.05, 0) is 56.8 Å². The topological polar surface area (TPSA) is 66.6 Å².